The van der Waals surface area contributed by atoms with Crippen molar-refractivity contribution in [3.63, 3.8) is 0 Å². The zero-order valence-corrected chi connectivity index (χ0v) is 11.2. The molecule has 0 radical (unpaired) electrons. The van der Waals surface area contributed by atoms with Gasteiger partial charge in [0.2, 0.25) is 0 Å². The lowest BCUT2D eigenvalue weighted by Crippen LogP contribution is -2.11. The number of methoxy groups -OCH3 is 1. The molecule has 0 unspecified atom stereocenters. The van der Waals surface area contributed by atoms with Gasteiger partial charge in [0.1, 0.15) is 16.6 Å². The van der Waals surface area contributed by atoms with E-state index in [0.717, 1.165) is 33.3 Å². The number of hydrogen-bond donors (Lipinski definition) is 2. The molecule has 0 bridgehead atoms. The van der Waals surface area contributed by atoms with E-state index >= 15 is 0 Å². The van der Waals surface area contributed by atoms with E-state index in [0.29, 0.717) is 0 Å². The lowest BCUT2D eigenvalue weighted by molar-refractivity contribution is 0.416. The van der Waals surface area contributed by atoms with E-state index < -0.39 is 0 Å². The molecule has 0 aliphatic carbocycles. The Bertz CT molecular complexity index is 577. The van der Waals surface area contributed by atoms with Gasteiger partial charge in [0.25, 0.3) is 0 Å². The summed E-state index contributed by atoms with van der Waals surface area (Å²) in [6, 6.07) is 7.72. The second-order valence-electron chi connectivity index (χ2n) is 3.76. The number of para-hydroxylation sites is 1. The molecule has 1 aromatic heterocycles. The number of rotatable bonds is 4. The second-order valence-corrected chi connectivity index (χ2v) is 4.76. The fourth-order valence-corrected chi connectivity index (χ4v) is 2.78. The maximum Gasteiger partial charge on any atom is 0.135 e. The summed E-state index contributed by atoms with van der Waals surface area (Å²) in [5.74, 6) is 0.856. The fraction of sp³-hybridized carbons (Fsp3) is 0.231. The largest absolute Gasteiger partial charge is 0.496 e. The molecule has 0 saturated heterocycles. The molecular formula is C13H15N3OS. The molecule has 2 rings (SSSR count). The number of benzene rings is 1. The third-order valence-electron chi connectivity index (χ3n) is 2.61. The monoisotopic (exact) mass is 261 g/mol. The number of nitrogens with two attached hydrogens (primary N) is 1. The number of thiazole rings is 1. The van der Waals surface area contributed by atoms with Crippen molar-refractivity contribution in [2.75, 3.05) is 7.11 Å². The molecule has 5 heteroatoms. The van der Waals surface area contributed by atoms with Gasteiger partial charge in [-0.25, -0.2) is 4.98 Å². The molecule has 0 spiro atoms. The third-order valence-corrected chi connectivity index (χ3v) is 3.78. The van der Waals surface area contributed by atoms with Gasteiger partial charge in [-0.1, -0.05) is 19.1 Å². The van der Waals surface area contributed by atoms with Crippen LogP contribution in [0.2, 0.25) is 0 Å². The Morgan fingerprint density at radius 2 is 2.17 bits per heavy atom. The number of hydrogen-bond acceptors (Lipinski definition) is 4. The summed E-state index contributed by atoms with van der Waals surface area (Å²) < 4.78 is 5.32. The summed E-state index contributed by atoms with van der Waals surface area (Å²) in [5, 5.41) is 8.41. The van der Waals surface area contributed by atoms with Gasteiger partial charge in [-0.3, -0.25) is 5.41 Å². The van der Waals surface area contributed by atoms with E-state index in [4.69, 9.17) is 15.9 Å². The number of amidine groups is 1. The predicted molar refractivity (Wildman–Crippen MR) is 74.5 cm³/mol. The highest BCUT2D eigenvalue weighted by Gasteiger charge is 2.15. The molecule has 0 atom stereocenters. The first kappa shape index (κ1) is 12.6. The minimum atomic E-state index is 0.0745. The third kappa shape index (κ3) is 2.22. The number of nitrogens with zero attached hydrogens (tertiary/aromatic N) is 1. The average Bonchev–Trinajstić information content (AvgIpc) is 2.82. The fourth-order valence-electron chi connectivity index (χ4n) is 1.74. The maximum atomic E-state index is 7.57. The van der Waals surface area contributed by atoms with Crippen molar-refractivity contribution in [3.8, 4) is 16.3 Å². The Morgan fingerprint density at radius 1 is 1.44 bits per heavy atom. The summed E-state index contributed by atoms with van der Waals surface area (Å²) >= 11 is 1.43. The molecule has 3 N–H and O–H groups in total. The van der Waals surface area contributed by atoms with Crippen LogP contribution in [0.25, 0.3) is 10.6 Å². The van der Waals surface area contributed by atoms with Crippen LogP contribution in [0.4, 0.5) is 0 Å². The Kier molecular flexibility index (Phi) is 3.62. The number of nitrogens with one attached hydrogen (secondary N) is 1. The van der Waals surface area contributed by atoms with E-state index in [1.54, 1.807) is 7.11 Å². The van der Waals surface area contributed by atoms with Gasteiger partial charge in [-0.05, 0) is 18.6 Å². The van der Waals surface area contributed by atoms with E-state index in [2.05, 4.69) is 4.98 Å². The topological polar surface area (TPSA) is 72.0 Å². The molecule has 0 aliphatic rings. The van der Waals surface area contributed by atoms with Gasteiger partial charge in [-0.2, -0.15) is 0 Å². The summed E-state index contributed by atoms with van der Waals surface area (Å²) in [6.07, 6.45) is 0.764. The maximum absolute atomic E-state index is 7.57. The first-order chi connectivity index (χ1) is 8.67. The van der Waals surface area contributed by atoms with Gasteiger partial charge in [-0.15, -0.1) is 11.3 Å². The summed E-state index contributed by atoms with van der Waals surface area (Å²) in [4.78, 5) is 5.30. The average molecular weight is 261 g/mol. The molecule has 0 saturated carbocycles. The minimum absolute atomic E-state index is 0.0745. The van der Waals surface area contributed by atoms with Crippen LogP contribution in [-0.4, -0.2) is 17.9 Å². The highest BCUT2D eigenvalue weighted by atomic mass is 32.1. The van der Waals surface area contributed by atoms with Crippen LogP contribution in [0.15, 0.2) is 24.3 Å². The lowest BCUT2D eigenvalue weighted by Gasteiger charge is -2.04. The SMILES string of the molecule is CCc1nc(-c2ccccc2OC)sc1C(=N)N. The van der Waals surface area contributed by atoms with Gasteiger partial charge in [0, 0.05) is 0 Å². The van der Waals surface area contributed by atoms with Crippen LogP contribution in [0.5, 0.6) is 5.75 Å². The number of ether oxygens (including phenoxy) is 1. The Morgan fingerprint density at radius 3 is 2.72 bits per heavy atom. The summed E-state index contributed by atoms with van der Waals surface area (Å²) in [5.41, 5.74) is 7.38. The highest BCUT2D eigenvalue weighted by molar-refractivity contribution is 7.17. The zero-order chi connectivity index (χ0) is 13.1. The molecule has 0 amide bonds. The van der Waals surface area contributed by atoms with Crippen molar-refractivity contribution in [2.45, 2.75) is 13.3 Å². The van der Waals surface area contributed by atoms with Crippen molar-refractivity contribution >= 4 is 17.2 Å². The predicted octanol–water partition coefficient (Wildman–Crippen LogP) is 2.67. The lowest BCUT2D eigenvalue weighted by atomic mass is 10.2. The van der Waals surface area contributed by atoms with Crippen LogP contribution in [0.1, 0.15) is 17.5 Å². The normalized spacial score (nSPS) is 10.3. The van der Waals surface area contributed by atoms with Crippen LogP contribution in [-0.2, 0) is 6.42 Å². The van der Waals surface area contributed by atoms with Crippen molar-refractivity contribution in [3.05, 3.63) is 34.8 Å². The molecule has 18 heavy (non-hydrogen) atoms. The molecular weight excluding hydrogens is 246 g/mol. The van der Waals surface area contributed by atoms with Gasteiger partial charge < -0.3 is 10.5 Å². The number of nitrogen functional groups attached to an aromatic ring is 1. The Labute approximate surface area is 110 Å². The molecule has 0 fully saturated rings. The first-order valence-electron chi connectivity index (χ1n) is 5.64. The molecule has 1 heterocycles. The van der Waals surface area contributed by atoms with E-state index in [-0.39, 0.29) is 5.84 Å². The number of aromatic nitrogens is 1. The molecule has 2 aromatic rings. The second kappa shape index (κ2) is 5.18. The molecule has 94 valence electrons. The van der Waals surface area contributed by atoms with Gasteiger partial charge in [0.05, 0.1) is 23.2 Å². The number of aryl methyl sites for hydroxylation is 1. The van der Waals surface area contributed by atoms with E-state index in [9.17, 15) is 0 Å². The van der Waals surface area contributed by atoms with Crippen LogP contribution < -0.4 is 10.5 Å². The quantitative estimate of drug-likeness (QED) is 0.656. The van der Waals surface area contributed by atoms with Gasteiger partial charge >= 0.3 is 0 Å². The van der Waals surface area contributed by atoms with E-state index in [1.807, 2.05) is 31.2 Å². The van der Waals surface area contributed by atoms with Crippen LogP contribution in [0.3, 0.4) is 0 Å². The van der Waals surface area contributed by atoms with E-state index in [1.165, 1.54) is 11.3 Å². The first-order valence-corrected chi connectivity index (χ1v) is 6.46. The van der Waals surface area contributed by atoms with Crippen LogP contribution >= 0.6 is 11.3 Å². The minimum Gasteiger partial charge on any atom is -0.496 e. The van der Waals surface area contributed by atoms with Crippen molar-refractivity contribution < 1.29 is 4.74 Å². The zero-order valence-electron chi connectivity index (χ0n) is 10.4. The molecule has 1 aromatic carbocycles. The smallest absolute Gasteiger partial charge is 0.135 e. The van der Waals surface area contributed by atoms with Crippen molar-refractivity contribution in [1.29, 1.82) is 5.41 Å². The Hall–Kier alpha value is -1.88. The van der Waals surface area contributed by atoms with Crippen molar-refractivity contribution in [1.82, 2.24) is 4.98 Å². The highest BCUT2D eigenvalue weighted by Crippen LogP contribution is 2.34. The summed E-state index contributed by atoms with van der Waals surface area (Å²) in [6.45, 7) is 2.01. The Balaban J connectivity index is 2.54. The summed E-state index contributed by atoms with van der Waals surface area (Å²) in [7, 11) is 1.64. The van der Waals surface area contributed by atoms with Gasteiger partial charge in [0.15, 0.2) is 0 Å². The standard InChI is InChI=1S/C13H15N3OS/c1-3-9-11(12(14)15)18-13(16-9)8-6-4-5-7-10(8)17-2/h4-7H,3H2,1-2H3,(H3,14,15). The van der Waals surface area contributed by atoms with Crippen LogP contribution in [0, 0.1) is 5.41 Å². The molecule has 0 aliphatic heterocycles. The molecule has 4 nitrogen and oxygen atoms in total. The van der Waals surface area contributed by atoms with Crippen molar-refractivity contribution in [2.24, 2.45) is 5.73 Å².